The molecule has 0 aromatic heterocycles. The van der Waals surface area contributed by atoms with Crippen LogP contribution in [0.3, 0.4) is 0 Å². The second-order valence-corrected chi connectivity index (χ2v) is 5.33. The van der Waals surface area contributed by atoms with Crippen molar-refractivity contribution < 1.29 is 10.0 Å². The number of anilines is 1. The fourth-order valence-corrected chi connectivity index (χ4v) is 2.21. The number of rotatable bonds is 4. The van der Waals surface area contributed by atoms with Gasteiger partial charge < -0.3 is 15.8 Å². The van der Waals surface area contributed by atoms with Crippen LogP contribution in [0.2, 0.25) is 0 Å². The van der Waals surface area contributed by atoms with Crippen molar-refractivity contribution in [2.24, 2.45) is 16.3 Å². The highest BCUT2D eigenvalue weighted by molar-refractivity contribution is 6.12. The van der Waals surface area contributed by atoms with E-state index in [1.54, 1.807) is 18.9 Å². The van der Waals surface area contributed by atoms with Gasteiger partial charge >= 0.3 is 0 Å². The summed E-state index contributed by atoms with van der Waals surface area (Å²) in [5.74, 6) is -0.260. The van der Waals surface area contributed by atoms with Crippen LogP contribution in [0.4, 0.5) is 5.69 Å². The first-order valence-electron chi connectivity index (χ1n) is 6.61. The SMILES string of the molecule is CCC(C)(C(=O)N(C)c1ccc(C)cc1C)/C(N)=N/O. The number of nitrogens with zero attached hydrogens (tertiary/aromatic N) is 2. The molecule has 0 saturated carbocycles. The van der Waals surface area contributed by atoms with E-state index >= 15 is 0 Å². The van der Waals surface area contributed by atoms with E-state index in [1.807, 2.05) is 39.0 Å². The van der Waals surface area contributed by atoms with Crippen molar-refractivity contribution in [3.63, 3.8) is 0 Å². The lowest BCUT2D eigenvalue weighted by molar-refractivity contribution is -0.124. The van der Waals surface area contributed by atoms with Crippen molar-refractivity contribution in [3.8, 4) is 0 Å². The van der Waals surface area contributed by atoms with Gasteiger partial charge in [0.25, 0.3) is 0 Å². The molecule has 1 aromatic carbocycles. The zero-order valence-corrected chi connectivity index (χ0v) is 12.8. The Bertz CT molecular complexity index is 540. The molecule has 1 unspecified atom stereocenters. The van der Waals surface area contributed by atoms with Crippen molar-refractivity contribution in [3.05, 3.63) is 29.3 Å². The van der Waals surface area contributed by atoms with Crippen molar-refractivity contribution in [2.75, 3.05) is 11.9 Å². The Morgan fingerprint density at radius 2 is 2.05 bits per heavy atom. The Balaban J connectivity index is 3.19. The minimum atomic E-state index is -1.01. The predicted molar refractivity (Wildman–Crippen MR) is 81.1 cm³/mol. The Hall–Kier alpha value is -2.04. The number of aryl methyl sites for hydroxylation is 2. The van der Waals surface area contributed by atoms with E-state index < -0.39 is 5.41 Å². The van der Waals surface area contributed by atoms with Crippen molar-refractivity contribution in [1.82, 2.24) is 0 Å². The molecule has 0 aliphatic carbocycles. The van der Waals surface area contributed by atoms with Crippen LogP contribution in [0.25, 0.3) is 0 Å². The molecule has 0 saturated heterocycles. The summed E-state index contributed by atoms with van der Waals surface area (Å²) in [6, 6.07) is 5.88. The van der Waals surface area contributed by atoms with Gasteiger partial charge in [-0.2, -0.15) is 0 Å². The minimum absolute atomic E-state index is 0.0679. The smallest absolute Gasteiger partial charge is 0.240 e. The summed E-state index contributed by atoms with van der Waals surface area (Å²) in [5, 5.41) is 11.9. The molecule has 0 aliphatic rings. The molecule has 1 atom stereocenters. The Labute approximate surface area is 120 Å². The number of hydrogen-bond acceptors (Lipinski definition) is 3. The van der Waals surface area contributed by atoms with E-state index in [1.165, 1.54) is 0 Å². The van der Waals surface area contributed by atoms with E-state index in [9.17, 15) is 4.79 Å². The van der Waals surface area contributed by atoms with Gasteiger partial charge in [-0.25, -0.2) is 0 Å². The lowest BCUT2D eigenvalue weighted by atomic mass is 9.84. The van der Waals surface area contributed by atoms with E-state index in [2.05, 4.69) is 5.16 Å². The summed E-state index contributed by atoms with van der Waals surface area (Å²) >= 11 is 0. The molecule has 0 radical (unpaired) electrons. The molecule has 5 nitrogen and oxygen atoms in total. The van der Waals surface area contributed by atoms with Gasteiger partial charge in [0.15, 0.2) is 5.84 Å². The third-order valence-electron chi connectivity index (χ3n) is 3.87. The molecule has 20 heavy (non-hydrogen) atoms. The largest absolute Gasteiger partial charge is 0.409 e. The van der Waals surface area contributed by atoms with Crippen molar-refractivity contribution in [2.45, 2.75) is 34.1 Å². The zero-order valence-electron chi connectivity index (χ0n) is 12.8. The number of benzene rings is 1. The number of amides is 1. The fourth-order valence-electron chi connectivity index (χ4n) is 2.21. The third kappa shape index (κ3) is 2.76. The first kappa shape index (κ1) is 16.0. The van der Waals surface area contributed by atoms with Crippen molar-refractivity contribution in [1.29, 1.82) is 0 Å². The molecule has 0 heterocycles. The van der Waals surface area contributed by atoms with Crippen LogP contribution in [0, 0.1) is 19.3 Å². The summed E-state index contributed by atoms with van der Waals surface area (Å²) < 4.78 is 0. The average molecular weight is 277 g/mol. The molecule has 5 heteroatoms. The van der Waals surface area contributed by atoms with Gasteiger partial charge in [-0.3, -0.25) is 4.79 Å². The summed E-state index contributed by atoms with van der Waals surface area (Å²) in [7, 11) is 1.71. The summed E-state index contributed by atoms with van der Waals surface area (Å²) in [6.07, 6.45) is 0.455. The van der Waals surface area contributed by atoms with Gasteiger partial charge in [-0.15, -0.1) is 0 Å². The van der Waals surface area contributed by atoms with Crippen LogP contribution >= 0.6 is 0 Å². The van der Waals surface area contributed by atoms with Gasteiger partial charge in [0, 0.05) is 12.7 Å². The van der Waals surface area contributed by atoms with Crippen LogP contribution < -0.4 is 10.6 Å². The molecule has 0 spiro atoms. The number of nitrogens with two attached hydrogens (primary N) is 1. The highest BCUT2D eigenvalue weighted by Gasteiger charge is 2.39. The molecule has 0 fully saturated rings. The average Bonchev–Trinajstić information content (AvgIpc) is 2.44. The number of oxime groups is 1. The number of carbonyl (C=O) groups excluding carboxylic acids is 1. The standard InChI is InChI=1S/C15H23N3O2/c1-6-15(4,13(16)17-20)14(19)18(5)12-8-7-10(2)9-11(12)3/h7-9,20H,6H2,1-5H3,(H2,16,17). The van der Waals surface area contributed by atoms with Gasteiger partial charge in [0.1, 0.15) is 5.41 Å². The van der Waals surface area contributed by atoms with Gasteiger partial charge in [-0.05, 0) is 38.8 Å². The molecule has 1 aromatic rings. The predicted octanol–water partition coefficient (Wildman–Crippen LogP) is 2.43. The van der Waals surface area contributed by atoms with E-state index in [0.29, 0.717) is 6.42 Å². The Kier molecular flexibility index (Phi) is 4.76. The molecule has 0 bridgehead atoms. The van der Waals surface area contributed by atoms with Crippen LogP contribution in [-0.4, -0.2) is 24.0 Å². The third-order valence-corrected chi connectivity index (χ3v) is 3.87. The second kappa shape index (κ2) is 5.94. The van der Waals surface area contributed by atoms with E-state index in [0.717, 1.165) is 16.8 Å². The van der Waals surface area contributed by atoms with E-state index in [4.69, 9.17) is 10.9 Å². The molecule has 3 N–H and O–H groups in total. The molecular formula is C15H23N3O2. The lowest BCUT2D eigenvalue weighted by Crippen LogP contribution is -2.48. The van der Waals surface area contributed by atoms with Gasteiger partial charge in [-0.1, -0.05) is 29.8 Å². The lowest BCUT2D eigenvalue weighted by Gasteiger charge is -2.31. The Morgan fingerprint density at radius 3 is 2.50 bits per heavy atom. The minimum Gasteiger partial charge on any atom is -0.409 e. The van der Waals surface area contributed by atoms with Gasteiger partial charge in [0.2, 0.25) is 5.91 Å². The summed E-state index contributed by atoms with van der Waals surface area (Å²) in [4.78, 5) is 14.3. The second-order valence-electron chi connectivity index (χ2n) is 5.33. The fraction of sp³-hybridized carbons (Fsp3) is 0.467. The van der Waals surface area contributed by atoms with E-state index in [-0.39, 0.29) is 11.7 Å². The van der Waals surface area contributed by atoms with Crippen molar-refractivity contribution >= 4 is 17.4 Å². The quantitative estimate of drug-likeness (QED) is 0.384. The zero-order chi connectivity index (χ0) is 15.5. The maximum atomic E-state index is 12.7. The monoisotopic (exact) mass is 277 g/mol. The Morgan fingerprint density at radius 1 is 1.45 bits per heavy atom. The topological polar surface area (TPSA) is 78.9 Å². The van der Waals surface area contributed by atoms with Crippen LogP contribution in [0.1, 0.15) is 31.4 Å². The maximum Gasteiger partial charge on any atom is 0.240 e. The molecule has 110 valence electrons. The first-order chi connectivity index (χ1) is 9.27. The summed E-state index contributed by atoms with van der Waals surface area (Å²) in [6.45, 7) is 7.49. The number of amidine groups is 1. The normalized spacial score (nSPS) is 14.8. The highest BCUT2D eigenvalue weighted by atomic mass is 16.4. The van der Waals surface area contributed by atoms with Crippen LogP contribution in [0.5, 0.6) is 0 Å². The van der Waals surface area contributed by atoms with Gasteiger partial charge in [0.05, 0.1) is 0 Å². The number of carbonyl (C=O) groups is 1. The molecular weight excluding hydrogens is 254 g/mol. The highest BCUT2D eigenvalue weighted by Crippen LogP contribution is 2.28. The molecule has 1 amide bonds. The van der Waals surface area contributed by atoms with Crippen LogP contribution in [0.15, 0.2) is 23.4 Å². The van der Waals surface area contributed by atoms with Crippen LogP contribution in [-0.2, 0) is 4.79 Å². The first-order valence-corrected chi connectivity index (χ1v) is 6.61. The summed E-state index contributed by atoms with van der Waals surface area (Å²) in [5.41, 5.74) is 7.66. The molecule has 0 aliphatic heterocycles. The maximum absolute atomic E-state index is 12.7. The molecule has 1 rings (SSSR count). The number of hydrogen-bond donors (Lipinski definition) is 2.